The van der Waals surface area contributed by atoms with E-state index in [0.29, 0.717) is 5.56 Å². The number of carbonyl (C=O) groups is 1. The molecule has 0 atom stereocenters. The van der Waals surface area contributed by atoms with Crippen LogP contribution in [0.5, 0.6) is 0 Å². The summed E-state index contributed by atoms with van der Waals surface area (Å²) in [7, 11) is -3.10. The Morgan fingerprint density at radius 3 is 2.56 bits per heavy atom. The Hall–Kier alpha value is -2.67. The number of fused-ring (bicyclic) bond motifs is 1. The smallest absolute Gasteiger partial charge is 0.251 e. The van der Waals surface area contributed by atoms with Gasteiger partial charge in [-0.15, -0.1) is 0 Å². The second-order valence-electron chi connectivity index (χ2n) is 5.92. The zero-order valence-corrected chi connectivity index (χ0v) is 14.9. The lowest BCUT2D eigenvalue weighted by molar-refractivity contribution is 0.0956. The molecule has 0 spiro atoms. The highest BCUT2D eigenvalue weighted by atomic mass is 32.2. The number of hydrogen-bond acceptors (Lipinski definition) is 4. The lowest BCUT2D eigenvalue weighted by Gasteiger charge is -2.07. The number of carbonyl (C=O) groups excluding carboxylic acids is 1. The molecule has 0 aliphatic heterocycles. The summed E-state index contributed by atoms with van der Waals surface area (Å²) in [5.41, 5.74) is 3.10. The molecule has 130 valence electrons. The first kappa shape index (κ1) is 17.2. The van der Waals surface area contributed by atoms with Crippen LogP contribution in [-0.2, 0) is 9.84 Å². The third-order valence-electron chi connectivity index (χ3n) is 3.86. The lowest BCUT2D eigenvalue weighted by atomic mass is 10.2. The van der Waals surface area contributed by atoms with Crippen LogP contribution in [0.25, 0.3) is 16.7 Å². The molecule has 1 heterocycles. The van der Waals surface area contributed by atoms with Crippen LogP contribution in [0.1, 0.15) is 16.2 Å². The van der Waals surface area contributed by atoms with Gasteiger partial charge < -0.3 is 5.32 Å². The SMILES string of the molecule is Cc1nc2cc(C(=O)NCCS(C)(=O)=O)ccc2n1-c1ccccc1. The van der Waals surface area contributed by atoms with E-state index in [1.807, 2.05) is 47.9 Å². The number of rotatable bonds is 5. The molecule has 0 bridgehead atoms. The zero-order chi connectivity index (χ0) is 18.0. The second-order valence-corrected chi connectivity index (χ2v) is 8.18. The second kappa shape index (κ2) is 6.68. The first-order valence-corrected chi connectivity index (χ1v) is 9.92. The summed E-state index contributed by atoms with van der Waals surface area (Å²) in [6.45, 7) is 2.01. The largest absolute Gasteiger partial charge is 0.351 e. The Morgan fingerprint density at radius 1 is 1.16 bits per heavy atom. The molecule has 0 radical (unpaired) electrons. The number of benzene rings is 2. The van der Waals surface area contributed by atoms with Crippen LogP contribution < -0.4 is 5.32 Å². The molecule has 6 nitrogen and oxygen atoms in total. The molecule has 1 N–H and O–H groups in total. The number of para-hydroxylation sites is 1. The average Bonchev–Trinajstić information content (AvgIpc) is 2.89. The quantitative estimate of drug-likeness (QED) is 0.758. The Labute approximate surface area is 146 Å². The zero-order valence-electron chi connectivity index (χ0n) is 14.1. The van der Waals surface area contributed by atoms with E-state index in [9.17, 15) is 13.2 Å². The fourth-order valence-electron chi connectivity index (χ4n) is 2.70. The van der Waals surface area contributed by atoms with Gasteiger partial charge in [0, 0.05) is 24.1 Å². The maximum absolute atomic E-state index is 12.2. The molecule has 1 amide bonds. The topological polar surface area (TPSA) is 81.1 Å². The predicted octanol–water partition coefficient (Wildman–Crippen LogP) is 2.11. The van der Waals surface area contributed by atoms with Crippen molar-refractivity contribution < 1.29 is 13.2 Å². The normalized spacial score (nSPS) is 11.6. The van der Waals surface area contributed by atoms with Gasteiger partial charge in [-0.05, 0) is 37.3 Å². The number of sulfone groups is 1. The van der Waals surface area contributed by atoms with Gasteiger partial charge in [-0.2, -0.15) is 0 Å². The number of amides is 1. The number of nitrogens with zero attached hydrogens (tertiary/aromatic N) is 2. The van der Waals surface area contributed by atoms with Gasteiger partial charge in [0.1, 0.15) is 15.7 Å². The van der Waals surface area contributed by atoms with Crippen LogP contribution in [0.15, 0.2) is 48.5 Å². The maximum Gasteiger partial charge on any atom is 0.251 e. The minimum absolute atomic E-state index is 0.0806. The van der Waals surface area contributed by atoms with Gasteiger partial charge in [-0.3, -0.25) is 9.36 Å². The molecule has 3 aromatic rings. The van der Waals surface area contributed by atoms with Crippen molar-refractivity contribution in [2.24, 2.45) is 0 Å². The van der Waals surface area contributed by atoms with E-state index in [1.165, 1.54) is 0 Å². The highest BCUT2D eigenvalue weighted by Crippen LogP contribution is 2.22. The minimum atomic E-state index is -3.10. The molecular weight excluding hydrogens is 338 g/mol. The van der Waals surface area contributed by atoms with Gasteiger partial charge in [0.2, 0.25) is 0 Å². The van der Waals surface area contributed by atoms with Crippen molar-refractivity contribution in [2.75, 3.05) is 18.6 Å². The van der Waals surface area contributed by atoms with E-state index in [2.05, 4.69) is 10.3 Å². The van der Waals surface area contributed by atoms with Crippen molar-refractivity contribution in [3.05, 3.63) is 59.9 Å². The van der Waals surface area contributed by atoms with Gasteiger partial charge in [-0.25, -0.2) is 13.4 Å². The number of aryl methyl sites for hydroxylation is 1. The average molecular weight is 357 g/mol. The predicted molar refractivity (Wildman–Crippen MR) is 97.9 cm³/mol. The van der Waals surface area contributed by atoms with E-state index in [-0.39, 0.29) is 18.2 Å². The maximum atomic E-state index is 12.2. The molecule has 7 heteroatoms. The number of nitrogens with one attached hydrogen (secondary N) is 1. The van der Waals surface area contributed by atoms with Gasteiger partial charge >= 0.3 is 0 Å². The summed E-state index contributed by atoms with van der Waals surface area (Å²) in [4.78, 5) is 16.7. The monoisotopic (exact) mass is 357 g/mol. The third-order valence-corrected chi connectivity index (χ3v) is 4.80. The molecule has 0 aliphatic carbocycles. The minimum Gasteiger partial charge on any atom is -0.351 e. The van der Waals surface area contributed by atoms with Crippen molar-refractivity contribution in [3.8, 4) is 5.69 Å². The van der Waals surface area contributed by atoms with E-state index in [4.69, 9.17) is 0 Å². The van der Waals surface area contributed by atoms with E-state index < -0.39 is 9.84 Å². The summed E-state index contributed by atoms with van der Waals surface area (Å²) in [6.07, 6.45) is 1.14. The highest BCUT2D eigenvalue weighted by Gasteiger charge is 2.13. The van der Waals surface area contributed by atoms with Crippen LogP contribution >= 0.6 is 0 Å². The Morgan fingerprint density at radius 2 is 1.88 bits per heavy atom. The summed E-state index contributed by atoms with van der Waals surface area (Å²) >= 11 is 0. The number of hydrogen-bond donors (Lipinski definition) is 1. The standard InChI is InChI=1S/C18H19N3O3S/c1-13-20-16-12-14(18(22)19-10-11-25(2,23)24)8-9-17(16)21(13)15-6-4-3-5-7-15/h3-9,12H,10-11H2,1-2H3,(H,19,22). The van der Waals surface area contributed by atoms with Crippen molar-refractivity contribution in [3.63, 3.8) is 0 Å². The molecule has 0 fully saturated rings. The van der Waals surface area contributed by atoms with Crippen molar-refractivity contribution in [1.82, 2.24) is 14.9 Å². The van der Waals surface area contributed by atoms with Gasteiger partial charge in [0.15, 0.2) is 0 Å². The molecule has 0 aliphatic rings. The summed E-state index contributed by atoms with van der Waals surface area (Å²) < 4.78 is 24.3. The van der Waals surface area contributed by atoms with Gasteiger partial charge in [-0.1, -0.05) is 18.2 Å². The van der Waals surface area contributed by atoms with Crippen LogP contribution in [0.4, 0.5) is 0 Å². The summed E-state index contributed by atoms with van der Waals surface area (Å²) in [5.74, 6) is 0.441. The van der Waals surface area contributed by atoms with E-state index in [1.54, 1.807) is 12.1 Å². The van der Waals surface area contributed by atoms with Crippen LogP contribution in [-0.4, -0.2) is 42.4 Å². The highest BCUT2D eigenvalue weighted by molar-refractivity contribution is 7.90. The first-order valence-electron chi connectivity index (χ1n) is 7.85. The molecule has 0 unspecified atom stereocenters. The molecule has 2 aromatic carbocycles. The third kappa shape index (κ3) is 3.88. The van der Waals surface area contributed by atoms with Gasteiger partial charge in [0.25, 0.3) is 5.91 Å². The fraction of sp³-hybridized carbons (Fsp3) is 0.222. The number of aromatic nitrogens is 2. The number of imidazole rings is 1. The lowest BCUT2D eigenvalue weighted by Crippen LogP contribution is -2.28. The van der Waals surface area contributed by atoms with Crippen molar-refractivity contribution in [2.45, 2.75) is 6.92 Å². The molecular formula is C18H19N3O3S. The summed E-state index contributed by atoms with van der Waals surface area (Å²) in [5, 5.41) is 2.62. The summed E-state index contributed by atoms with van der Waals surface area (Å²) in [6, 6.07) is 15.2. The molecule has 25 heavy (non-hydrogen) atoms. The van der Waals surface area contributed by atoms with Crippen LogP contribution in [0.2, 0.25) is 0 Å². The van der Waals surface area contributed by atoms with Crippen LogP contribution in [0, 0.1) is 6.92 Å². The van der Waals surface area contributed by atoms with Crippen molar-refractivity contribution in [1.29, 1.82) is 0 Å². The molecule has 1 aromatic heterocycles. The van der Waals surface area contributed by atoms with E-state index >= 15 is 0 Å². The molecule has 0 saturated carbocycles. The first-order chi connectivity index (χ1) is 11.8. The molecule has 3 rings (SSSR count). The fourth-order valence-corrected chi connectivity index (χ4v) is 3.17. The van der Waals surface area contributed by atoms with Crippen LogP contribution in [0.3, 0.4) is 0 Å². The Balaban J connectivity index is 1.88. The Bertz CT molecular complexity index is 1020. The Kier molecular flexibility index (Phi) is 4.59. The molecule has 0 saturated heterocycles. The van der Waals surface area contributed by atoms with Gasteiger partial charge in [0.05, 0.1) is 16.8 Å². The van der Waals surface area contributed by atoms with Crippen molar-refractivity contribution >= 4 is 26.8 Å². The van der Waals surface area contributed by atoms with E-state index in [0.717, 1.165) is 28.8 Å².